The van der Waals surface area contributed by atoms with Crippen molar-refractivity contribution in [1.82, 2.24) is 9.97 Å². The molecule has 2 heterocycles. The number of ether oxygens (including phenoxy) is 3. The number of para-hydroxylation sites is 1. The first-order valence-corrected chi connectivity index (χ1v) is 9.27. The van der Waals surface area contributed by atoms with Crippen LogP contribution in [0.2, 0.25) is 0 Å². The summed E-state index contributed by atoms with van der Waals surface area (Å²) in [5.74, 6) is 4.10. The van der Waals surface area contributed by atoms with Crippen molar-refractivity contribution in [2.24, 2.45) is 0 Å². The van der Waals surface area contributed by atoms with Crippen molar-refractivity contribution in [2.45, 2.75) is 19.9 Å². The maximum atomic E-state index is 6.07. The molecule has 0 radical (unpaired) electrons. The summed E-state index contributed by atoms with van der Waals surface area (Å²) in [6.45, 7) is 3.88. The Morgan fingerprint density at radius 2 is 1.66 bits per heavy atom. The molecule has 0 aliphatic rings. The molecule has 150 valence electrons. The van der Waals surface area contributed by atoms with E-state index in [9.17, 15) is 0 Å². The van der Waals surface area contributed by atoms with Crippen LogP contribution in [0.3, 0.4) is 0 Å². The Hall–Kier alpha value is -3.48. The molecule has 0 spiro atoms. The lowest BCUT2D eigenvalue weighted by atomic mass is 10.1. The van der Waals surface area contributed by atoms with Crippen LogP contribution in [-0.4, -0.2) is 31.3 Å². The molecule has 2 aromatic heterocycles. The van der Waals surface area contributed by atoms with Crippen molar-refractivity contribution in [1.29, 1.82) is 0 Å². The van der Waals surface area contributed by atoms with Gasteiger partial charge in [-0.25, -0.2) is 9.97 Å². The summed E-state index contributed by atoms with van der Waals surface area (Å²) in [5.41, 5.74) is 1.50. The van der Waals surface area contributed by atoms with Crippen LogP contribution in [0.1, 0.15) is 24.6 Å². The normalized spacial score (nSPS) is 12.2. The highest BCUT2D eigenvalue weighted by Crippen LogP contribution is 2.36. The van der Waals surface area contributed by atoms with Gasteiger partial charge in [0.25, 0.3) is 0 Å². The molecule has 0 fully saturated rings. The van der Waals surface area contributed by atoms with E-state index in [4.69, 9.17) is 18.6 Å². The maximum Gasteiger partial charge on any atom is 0.176 e. The molecule has 4 aromatic rings. The van der Waals surface area contributed by atoms with E-state index < -0.39 is 0 Å². The van der Waals surface area contributed by atoms with E-state index in [0.717, 1.165) is 27.6 Å². The number of rotatable bonds is 6. The van der Waals surface area contributed by atoms with Gasteiger partial charge in [0.1, 0.15) is 17.4 Å². The average molecular weight is 393 g/mol. The Morgan fingerprint density at radius 3 is 2.38 bits per heavy atom. The molecule has 4 rings (SSSR count). The van der Waals surface area contributed by atoms with Crippen LogP contribution >= 0.6 is 0 Å². The number of aryl methyl sites for hydroxylation is 1. The number of anilines is 1. The molecule has 0 aliphatic heterocycles. The van der Waals surface area contributed by atoms with E-state index in [-0.39, 0.29) is 6.04 Å². The second-order valence-electron chi connectivity index (χ2n) is 6.74. The number of aromatic nitrogens is 2. The van der Waals surface area contributed by atoms with Crippen LogP contribution in [0, 0.1) is 6.92 Å². The standard InChI is InChI=1S/C22H23N3O4/c1-12(18-9-14-7-6-8-17(26-3)21(14)29-18)23-22-15-10-19(27-4)20(28-5)11-16(15)24-13(2)25-22/h6-12H,1-5H3,(H,23,24,25). The zero-order valence-corrected chi connectivity index (χ0v) is 17.1. The zero-order chi connectivity index (χ0) is 20.5. The molecule has 0 saturated carbocycles. The number of hydrogen-bond acceptors (Lipinski definition) is 7. The second kappa shape index (κ2) is 7.50. The van der Waals surface area contributed by atoms with Gasteiger partial charge in [0.05, 0.1) is 32.9 Å². The first-order valence-electron chi connectivity index (χ1n) is 9.27. The van der Waals surface area contributed by atoms with Gasteiger partial charge in [-0.05, 0) is 32.0 Å². The highest BCUT2D eigenvalue weighted by Gasteiger charge is 2.18. The molecule has 1 atom stereocenters. The minimum absolute atomic E-state index is 0.127. The fourth-order valence-electron chi connectivity index (χ4n) is 3.39. The second-order valence-corrected chi connectivity index (χ2v) is 6.74. The number of nitrogens with zero attached hydrogens (tertiary/aromatic N) is 2. The van der Waals surface area contributed by atoms with Gasteiger partial charge in [-0.1, -0.05) is 12.1 Å². The Labute approximate surface area is 168 Å². The van der Waals surface area contributed by atoms with E-state index in [1.807, 2.05) is 50.2 Å². The topological polar surface area (TPSA) is 78.6 Å². The summed E-state index contributed by atoms with van der Waals surface area (Å²) in [7, 11) is 4.85. The lowest BCUT2D eigenvalue weighted by molar-refractivity contribution is 0.356. The summed E-state index contributed by atoms with van der Waals surface area (Å²) in [6, 6.07) is 11.4. The summed E-state index contributed by atoms with van der Waals surface area (Å²) < 4.78 is 22.3. The molecule has 29 heavy (non-hydrogen) atoms. The van der Waals surface area contributed by atoms with Crippen LogP contribution in [0.5, 0.6) is 17.2 Å². The molecule has 0 amide bonds. The Balaban J connectivity index is 1.75. The fraction of sp³-hybridized carbons (Fsp3) is 0.273. The van der Waals surface area contributed by atoms with Crippen molar-refractivity contribution in [2.75, 3.05) is 26.6 Å². The van der Waals surface area contributed by atoms with Gasteiger partial charge in [-0.15, -0.1) is 0 Å². The van der Waals surface area contributed by atoms with E-state index in [1.165, 1.54) is 0 Å². The highest BCUT2D eigenvalue weighted by atomic mass is 16.5. The van der Waals surface area contributed by atoms with Gasteiger partial charge in [0.15, 0.2) is 22.8 Å². The Kier molecular flexibility index (Phi) is 4.88. The lowest BCUT2D eigenvalue weighted by Crippen LogP contribution is -2.09. The van der Waals surface area contributed by atoms with Crippen molar-refractivity contribution in [3.8, 4) is 17.2 Å². The average Bonchev–Trinajstić information content (AvgIpc) is 3.17. The van der Waals surface area contributed by atoms with Gasteiger partial charge >= 0.3 is 0 Å². The van der Waals surface area contributed by atoms with Gasteiger partial charge in [0, 0.05) is 16.8 Å². The Morgan fingerprint density at radius 1 is 0.931 bits per heavy atom. The third-order valence-corrected chi connectivity index (χ3v) is 4.84. The molecule has 7 nitrogen and oxygen atoms in total. The van der Waals surface area contributed by atoms with Crippen LogP contribution in [0.4, 0.5) is 5.82 Å². The van der Waals surface area contributed by atoms with Crippen molar-refractivity contribution >= 4 is 27.7 Å². The van der Waals surface area contributed by atoms with Crippen molar-refractivity contribution in [3.63, 3.8) is 0 Å². The Bertz CT molecular complexity index is 1190. The fourth-order valence-corrected chi connectivity index (χ4v) is 3.39. The third kappa shape index (κ3) is 3.40. The van der Waals surface area contributed by atoms with Crippen LogP contribution < -0.4 is 19.5 Å². The largest absolute Gasteiger partial charge is 0.493 e. The molecule has 1 unspecified atom stereocenters. The van der Waals surface area contributed by atoms with Gasteiger partial charge in [-0.2, -0.15) is 0 Å². The molecule has 0 bridgehead atoms. The monoisotopic (exact) mass is 393 g/mol. The molecule has 0 saturated heterocycles. The highest BCUT2D eigenvalue weighted by molar-refractivity contribution is 5.92. The summed E-state index contributed by atoms with van der Waals surface area (Å²) in [4.78, 5) is 9.13. The predicted molar refractivity (Wildman–Crippen MR) is 112 cm³/mol. The van der Waals surface area contributed by atoms with Crippen molar-refractivity contribution in [3.05, 3.63) is 48.0 Å². The van der Waals surface area contributed by atoms with Crippen LogP contribution in [0.15, 0.2) is 40.8 Å². The van der Waals surface area contributed by atoms with Gasteiger partial charge < -0.3 is 23.9 Å². The number of nitrogens with one attached hydrogen (secondary N) is 1. The molecular weight excluding hydrogens is 370 g/mol. The lowest BCUT2D eigenvalue weighted by Gasteiger charge is -2.16. The summed E-state index contributed by atoms with van der Waals surface area (Å²) in [6.07, 6.45) is 0. The number of fused-ring (bicyclic) bond motifs is 2. The maximum absolute atomic E-state index is 6.07. The van der Waals surface area contributed by atoms with Gasteiger partial charge in [-0.3, -0.25) is 0 Å². The van der Waals surface area contributed by atoms with E-state index in [0.29, 0.717) is 28.9 Å². The van der Waals surface area contributed by atoms with E-state index >= 15 is 0 Å². The minimum Gasteiger partial charge on any atom is -0.493 e. The number of benzene rings is 2. The first kappa shape index (κ1) is 18.9. The zero-order valence-electron chi connectivity index (χ0n) is 17.1. The first-order chi connectivity index (χ1) is 14.0. The minimum atomic E-state index is -0.127. The van der Waals surface area contributed by atoms with Gasteiger partial charge in [0.2, 0.25) is 0 Å². The number of hydrogen-bond donors (Lipinski definition) is 1. The van der Waals surface area contributed by atoms with Crippen molar-refractivity contribution < 1.29 is 18.6 Å². The van der Waals surface area contributed by atoms with E-state index in [1.54, 1.807) is 21.3 Å². The smallest absolute Gasteiger partial charge is 0.176 e. The van der Waals surface area contributed by atoms with Crippen LogP contribution in [-0.2, 0) is 0 Å². The molecule has 7 heteroatoms. The number of methoxy groups -OCH3 is 3. The predicted octanol–water partition coefficient (Wildman–Crippen LogP) is 4.88. The number of furan rings is 1. The molecular formula is C22H23N3O4. The van der Waals surface area contributed by atoms with Crippen LogP contribution in [0.25, 0.3) is 21.9 Å². The quantitative estimate of drug-likeness (QED) is 0.500. The molecule has 2 aromatic carbocycles. The summed E-state index contributed by atoms with van der Waals surface area (Å²) in [5, 5.41) is 5.28. The third-order valence-electron chi connectivity index (χ3n) is 4.84. The molecule has 0 aliphatic carbocycles. The molecule has 1 N–H and O–H groups in total. The summed E-state index contributed by atoms with van der Waals surface area (Å²) >= 11 is 0. The van der Waals surface area contributed by atoms with E-state index in [2.05, 4.69) is 15.3 Å². The SMILES string of the molecule is COc1cc2nc(C)nc(NC(C)c3cc4cccc(OC)c4o3)c2cc1OC.